The van der Waals surface area contributed by atoms with Gasteiger partial charge in [-0.25, -0.2) is 4.79 Å². The van der Waals surface area contributed by atoms with Gasteiger partial charge in [0, 0.05) is 37.1 Å². The zero-order chi connectivity index (χ0) is 20.6. The number of likely N-dealkylation sites (tertiary alicyclic amines) is 1. The molecule has 29 heavy (non-hydrogen) atoms. The first-order chi connectivity index (χ1) is 14.0. The highest BCUT2D eigenvalue weighted by Crippen LogP contribution is 2.29. The van der Waals surface area contributed by atoms with E-state index in [-0.39, 0.29) is 0 Å². The number of carboxylic acid groups (broad SMARTS) is 1. The third-order valence-corrected chi connectivity index (χ3v) is 6.79. The minimum Gasteiger partial charge on any atom is -0.465 e. The number of hydrogen-bond donors (Lipinski definition) is 2. The van der Waals surface area contributed by atoms with E-state index in [1.54, 1.807) is 0 Å². The van der Waals surface area contributed by atoms with Gasteiger partial charge in [-0.05, 0) is 69.3 Å². The lowest BCUT2D eigenvalue weighted by Gasteiger charge is -2.25. The fourth-order valence-electron chi connectivity index (χ4n) is 4.97. The highest BCUT2D eigenvalue weighted by molar-refractivity contribution is 5.84. The molecule has 0 spiro atoms. The van der Waals surface area contributed by atoms with Crippen molar-refractivity contribution >= 4 is 17.5 Å². The number of rotatable bonds is 4. The monoisotopic (exact) mass is 401 g/mol. The maximum atomic E-state index is 10.8. The first-order valence-corrected chi connectivity index (χ1v) is 11.6. The highest BCUT2D eigenvalue weighted by Gasteiger charge is 2.28. The average molecular weight is 402 g/mol. The Morgan fingerprint density at radius 2 is 1.76 bits per heavy atom. The van der Waals surface area contributed by atoms with E-state index in [0.717, 1.165) is 30.6 Å². The molecule has 2 N–H and O–H groups in total. The quantitative estimate of drug-likeness (QED) is 0.676. The number of hydrogen-bond acceptors (Lipinski definition) is 3. The number of anilines is 2. The zero-order valence-electron chi connectivity index (χ0n) is 18.3. The molecule has 3 fully saturated rings. The van der Waals surface area contributed by atoms with Crippen molar-refractivity contribution in [3.05, 3.63) is 23.8 Å². The van der Waals surface area contributed by atoms with E-state index in [0.29, 0.717) is 5.69 Å². The van der Waals surface area contributed by atoms with E-state index < -0.39 is 6.09 Å². The average Bonchev–Trinajstić information content (AvgIpc) is 3.35. The van der Waals surface area contributed by atoms with Crippen LogP contribution in [0.2, 0.25) is 0 Å². The Morgan fingerprint density at radius 1 is 1.07 bits per heavy atom. The topological polar surface area (TPSA) is 55.8 Å². The maximum Gasteiger partial charge on any atom is 0.409 e. The van der Waals surface area contributed by atoms with Crippen LogP contribution in [0, 0.1) is 12.8 Å². The van der Waals surface area contributed by atoms with Gasteiger partial charge in [0.25, 0.3) is 0 Å². The molecule has 0 radical (unpaired) electrons. The summed E-state index contributed by atoms with van der Waals surface area (Å²) >= 11 is 0. The van der Waals surface area contributed by atoms with Crippen LogP contribution < -0.4 is 10.2 Å². The molecule has 5 heteroatoms. The van der Waals surface area contributed by atoms with Crippen LogP contribution in [0.3, 0.4) is 0 Å². The molecule has 162 valence electrons. The number of nitrogens with zero attached hydrogens (tertiary/aromatic N) is 2. The second-order valence-electron chi connectivity index (χ2n) is 9.14. The van der Waals surface area contributed by atoms with Crippen molar-refractivity contribution < 1.29 is 9.90 Å². The molecule has 2 saturated heterocycles. The molecule has 0 unspecified atom stereocenters. The van der Waals surface area contributed by atoms with E-state index in [4.69, 9.17) is 5.11 Å². The van der Waals surface area contributed by atoms with Crippen molar-refractivity contribution in [2.24, 2.45) is 5.92 Å². The van der Waals surface area contributed by atoms with Gasteiger partial charge >= 0.3 is 6.09 Å². The SMILES string of the molecule is C1CCCCC1.Cc1cc(N2CC[C@H](CN3CCC[C@@H]3C)C2)ccc1NC(=O)O. The van der Waals surface area contributed by atoms with Crippen LogP contribution >= 0.6 is 0 Å². The van der Waals surface area contributed by atoms with Gasteiger partial charge in [-0.15, -0.1) is 0 Å². The summed E-state index contributed by atoms with van der Waals surface area (Å²) in [7, 11) is 0. The molecule has 0 aromatic heterocycles. The molecule has 2 heterocycles. The lowest BCUT2D eigenvalue weighted by Crippen LogP contribution is -2.33. The van der Waals surface area contributed by atoms with Crippen LogP contribution in [0.25, 0.3) is 0 Å². The van der Waals surface area contributed by atoms with Gasteiger partial charge in [-0.2, -0.15) is 0 Å². The summed E-state index contributed by atoms with van der Waals surface area (Å²) < 4.78 is 0. The molecule has 0 bridgehead atoms. The predicted molar refractivity (Wildman–Crippen MR) is 121 cm³/mol. The van der Waals surface area contributed by atoms with Crippen LogP contribution in [0.1, 0.15) is 70.3 Å². The van der Waals surface area contributed by atoms with Crippen LogP contribution in [0.4, 0.5) is 16.2 Å². The molecule has 2 aliphatic heterocycles. The fraction of sp³-hybridized carbons (Fsp3) is 0.708. The minimum absolute atomic E-state index is 0.669. The van der Waals surface area contributed by atoms with Gasteiger partial charge in [-0.1, -0.05) is 38.5 Å². The Kier molecular flexibility index (Phi) is 8.22. The van der Waals surface area contributed by atoms with E-state index in [2.05, 4.69) is 28.1 Å². The van der Waals surface area contributed by atoms with E-state index in [9.17, 15) is 4.79 Å². The number of amides is 1. The molecular formula is C24H39N3O2. The molecule has 3 aliphatic rings. The molecule has 2 atom stereocenters. The van der Waals surface area contributed by atoms with E-state index in [1.165, 1.54) is 76.6 Å². The molecule has 1 aliphatic carbocycles. The van der Waals surface area contributed by atoms with Gasteiger partial charge in [0.2, 0.25) is 0 Å². The summed E-state index contributed by atoms with van der Waals surface area (Å²) in [5, 5.41) is 11.3. The Bertz CT molecular complexity index is 648. The predicted octanol–water partition coefficient (Wildman–Crippen LogP) is 5.74. The van der Waals surface area contributed by atoms with Crippen LogP contribution in [0.5, 0.6) is 0 Å². The van der Waals surface area contributed by atoms with Crippen LogP contribution in [0.15, 0.2) is 18.2 Å². The van der Waals surface area contributed by atoms with Gasteiger partial charge in [-0.3, -0.25) is 5.32 Å². The summed E-state index contributed by atoms with van der Waals surface area (Å²) in [4.78, 5) is 15.8. The highest BCUT2D eigenvalue weighted by atomic mass is 16.4. The smallest absolute Gasteiger partial charge is 0.409 e. The van der Waals surface area contributed by atoms with Crippen molar-refractivity contribution in [3.8, 4) is 0 Å². The Balaban J connectivity index is 0.000000343. The van der Waals surface area contributed by atoms with Crippen molar-refractivity contribution in [3.63, 3.8) is 0 Å². The van der Waals surface area contributed by atoms with Gasteiger partial charge < -0.3 is 14.9 Å². The minimum atomic E-state index is -1.01. The summed E-state index contributed by atoms with van der Waals surface area (Å²) in [6.45, 7) is 8.97. The maximum absolute atomic E-state index is 10.8. The third kappa shape index (κ3) is 6.63. The molecule has 1 amide bonds. The molecular weight excluding hydrogens is 362 g/mol. The molecule has 4 rings (SSSR count). The Hall–Kier alpha value is -1.75. The van der Waals surface area contributed by atoms with Crippen molar-refractivity contribution in [2.75, 3.05) is 36.4 Å². The second kappa shape index (κ2) is 10.9. The number of benzene rings is 1. The number of nitrogens with one attached hydrogen (secondary N) is 1. The summed E-state index contributed by atoms with van der Waals surface area (Å²) in [6.07, 6.45) is 11.9. The zero-order valence-corrected chi connectivity index (χ0v) is 18.3. The summed E-state index contributed by atoms with van der Waals surface area (Å²) in [5.41, 5.74) is 2.85. The van der Waals surface area contributed by atoms with Crippen molar-refractivity contribution in [1.29, 1.82) is 0 Å². The van der Waals surface area contributed by atoms with Crippen molar-refractivity contribution in [2.45, 2.75) is 77.7 Å². The number of aryl methyl sites for hydroxylation is 1. The molecule has 1 saturated carbocycles. The molecule has 5 nitrogen and oxygen atoms in total. The standard InChI is InChI=1S/C18H27N3O2.C6H12/c1-13-10-16(5-6-17(13)19-18(22)23)21-9-7-15(12-21)11-20-8-3-4-14(20)2;1-2-4-6-5-3-1/h5-6,10,14-15,19H,3-4,7-9,11-12H2,1-2H3,(H,22,23);1-6H2/t14-,15+;/m0./s1. The first-order valence-electron chi connectivity index (χ1n) is 11.6. The fourth-order valence-corrected chi connectivity index (χ4v) is 4.97. The Labute approximate surface area is 176 Å². The Morgan fingerprint density at radius 3 is 2.31 bits per heavy atom. The van der Waals surface area contributed by atoms with Gasteiger partial charge in [0.05, 0.1) is 0 Å². The molecule has 1 aromatic rings. The van der Waals surface area contributed by atoms with Crippen LogP contribution in [-0.2, 0) is 0 Å². The van der Waals surface area contributed by atoms with Crippen LogP contribution in [-0.4, -0.2) is 48.3 Å². The van der Waals surface area contributed by atoms with E-state index in [1.807, 2.05) is 19.1 Å². The first kappa shape index (κ1) is 21.9. The lowest BCUT2D eigenvalue weighted by atomic mass is 10.0. The van der Waals surface area contributed by atoms with E-state index >= 15 is 0 Å². The second-order valence-corrected chi connectivity index (χ2v) is 9.14. The van der Waals surface area contributed by atoms with Crippen molar-refractivity contribution in [1.82, 2.24) is 4.90 Å². The third-order valence-electron chi connectivity index (χ3n) is 6.79. The lowest BCUT2D eigenvalue weighted by molar-refractivity contribution is 0.209. The molecule has 1 aromatic carbocycles. The summed E-state index contributed by atoms with van der Waals surface area (Å²) in [6, 6.07) is 6.73. The van der Waals surface area contributed by atoms with Gasteiger partial charge in [0.15, 0.2) is 0 Å². The largest absolute Gasteiger partial charge is 0.465 e. The normalized spacial score (nSPS) is 24.8. The van der Waals surface area contributed by atoms with Gasteiger partial charge in [0.1, 0.15) is 0 Å². The number of carbonyl (C=O) groups is 1. The summed E-state index contributed by atoms with van der Waals surface area (Å²) in [5.74, 6) is 0.743.